The van der Waals surface area contributed by atoms with Crippen LogP contribution in [0.3, 0.4) is 0 Å². The fraction of sp³-hybridized carbons (Fsp3) is 0. The van der Waals surface area contributed by atoms with Gasteiger partial charge in [0.2, 0.25) is 5.91 Å². The molecule has 2 rings (SSSR count). The molecule has 0 fully saturated rings. The van der Waals surface area contributed by atoms with Crippen LogP contribution in [-0.4, -0.2) is 17.0 Å². The molecule has 0 saturated heterocycles. The molecule has 0 saturated carbocycles. The first-order valence-corrected chi connectivity index (χ1v) is 7.34. The average molecular weight is 370 g/mol. The summed E-state index contributed by atoms with van der Waals surface area (Å²) in [5, 5.41) is 11.2. The standard InChI is InChI=1S/C14H9BrFNO3S/c15-12-5-2-9(21-12)3-6-13(18)17-8-1-4-10(14(19)20)11(16)7-8/h1-7H,(H,17,18)(H,19,20)/b6-3+. The van der Waals surface area contributed by atoms with Crippen molar-refractivity contribution in [2.75, 3.05) is 5.32 Å². The molecule has 2 aromatic rings. The molecule has 1 amide bonds. The van der Waals surface area contributed by atoms with E-state index in [4.69, 9.17) is 5.11 Å². The first-order valence-electron chi connectivity index (χ1n) is 5.73. The minimum atomic E-state index is -1.35. The van der Waals surface area contributed by atoms with Crippen molar-refractivity contribution in [3.63, 3.8) is 0 Å². The van der Waals surface area contributed by atoms with Crippen LogP contribution in [0.15, 0.2) is 40.2 Å². The maximum absolute atomic E-state index is 13.5. The first-order chi connectivity index (χ1) is 9.95. The molecule has 0 radical (unpaired) electrons. The zero-order valence-electron chi connectivity index (χ0n) is 10.5. The molecule has 0 atom stereocenters. The number of amides is 1. The third-order valence-corrected chi connectivity index (χ3v) is 4.05. The molecule has 2 N–H and O–H groups in total. The van der Waals surface area contributed by atoms with Crippen LogP contribution in [-0.2, 0) is 4.79 Å². The SMILES string of the molecule is O=C(/C=C/c1ccc(Br)s1)Nc1ccc(C(=O)O)c(F)c1. The molecule has 1 aromatic heterocycles. The van der Waals surface area contributed by atoms with Crippen molar-refractivity contribution in [1.82, 2.24) is 0 Å². The number of hydrogen-bond donors (Lipinski definition) is 2. The van der Waals surface area contributed by atoms with E-state index in [1.54, 1.807) is 6.08 Å². The van der Waals surface area contributed by atoms with Crippen molar-refractivity contribution >= 4 is 50.9 Å². The topological polar surface area (TPSA) is 66.4 Å². The normalized spacial score (nSPS) is 10.8. The highest BCUT2D eigenvalue weighted by atomic mass is 79.9. The van der Waals surface area contributed by atoms with Gasteiger partial charge in [-0.15, -0.1) is 11.3 Å². The Balaban J connectivity index is 2.04. The van der Waals surface area contributed by atoms with E-state index >= 15 is 0 Å². The van der Waals surface area contributed by atoms with Crippen LogP contribution in [0.25, 0.3) is 6.08 Å². The molecule has 21 heavy (non-hydrogen) atoms. The van der Waals surface area contributed by atoms with Crippen molar-refractivity contribution in [3.05, 3.63) is 56.5 Å². The maximum atomic E-state index is 13.5. The van der Waals surface area contributed by atoms with Gasteiger partial charge >= 0.3 is 5.97 Å². The van der Waals surface area contributed by atoms with E-state index in [0.29, 0.717) is 0 Å². The van der Waals surface area contributed by atoms with Crippen molar-refractivity contribution in [2.45, 2.75) is 0 Å². The van der Waals surface area contributed by atoms with Crippen LogP contribution in [0.5, 0.6) is 0 Å². The van der Waals surface area contributed by atoms with E-state index in [9.17, 15) is 14.0 Å². The number of carboxylic acid groups (broad SMARTS) is 1. The Morgan fingerprint density at radius 2 is 2.05 bits per heavy atom. The molecule has 1 aromatic carbocycles. The lowest BCUT2D eigenvalue weighted by molar-refractivity contribution is -0.111. The van der Waals surface area contributed by atoms with E-state index in [0.717, 1.165) is 20.8 Å². The molecule has 0 aliphatic rings. The highest BCUT2D eigenvalue weighted by Crippen LogP contribution is 2.23. The second-order valence-electron chi connectivity index (χ2n) is 3.96. The zero-order chi connectivity index (χ0) is 15.4. The van der Waals surface area contributed by atoms with Gasteiger partial charge in [-0.25, -0.2) is 9.18 Å². The van der Waals surface area contributed by atoms with E-state index in [1.807, 2.05) is 12.1 Å². The van der Waals surface area contributed by atoms with E-state index in [1.165, 1.54) is 23.5 Å². The van der Waals surface area contributed by atoms with Crippen LogP contribution < -0.4 is 5.32 Å². The third kappa shape index (κ3) is 4.24. The summed E-state index contributed by atoms with van der Waals surface area (Å²) in [4.78, 5) is 23.2. The number of thiophene rings is 1. The van der Waals surface area contributed by atoms with Crippen LogP contribution in [0, 0.1) is 5.82 Å². The van der Waals surface area contributed by atoms with E-state index in [-0.39, 0.29) is 5.69 Å². The maximum Gasteiger partial charge on any atom is 0.338 e. The smallest absolute Gasteiger partial charge is 0.338 e. The summed E-state index contributed by atoms with van der Waals surface area (Å²) in [5.41, 5.74) is -0.244. The Kier molecular flexibility index (Phi) is 4.87. The number of benzene rings is 1. The van der Waals surface area contributed by atoms with Crippen molar-refractivity contribution in [2.24, 2.45) is 0 Å². The number of hydrogen-bond acceptors (Lipinski definition) is 3. The second kappa shape index (κ2) is 6.64. The second-order valence-corrected chi connectivity index (χ2v) is 6.46. The predicted octanol–water partition coefficient (Wildman–Crippen LogP) is 4.00. The monoisotopic (exact) mass is 369 g/mol. The number of carboxylic acids is 1. The quantitative estimate of drug-likeness (QED) is 0.800. The minimum Gasteiger partial charge on any atom is -0.478 e. The molecule has 4 nitrogen and oxygen atoms in total. The fourth-order valence-electron chi connectivity index (χ4n) is 1.53. The van der Waals surface area contributed by atoms with Crippen LogP contribution >= 0.6 is 27.3 Å². The number of carbonyl (C=O) groups is 2. The van der Waals surface area contributed by atoms with Gasteiger partial charge in [-0.1, -0.05) is 0 Å². The van der Waals surface area contributed by atoms with Crippen molar-refractivity contribution in [3.8, 4) is 0 Å². The van der Waals surface area contributed by atoms with Crippen molar-refractivity contribution in [1.29, 1.82) is 0 Å². The highest BCUT2D eigenvalue weighted by molar-refractivity contribution is 9.11. The summed E-state index contributed by atoms with van der Waals surface area (Å²) < 4.78 is 14.4. The Morgan fingerprint density at radius 3 is 2.62 bits per heavy atom. The molecule has 0 aliphatic heterocycles. The van der Waals surface area contributed by atoms with Gasteiger partial charge in [0.1, 0.15) is 5.82 Å². The molecule has 0 bridgehead atoms. The Bertz CT molecular complexity index is 727. The zero-order valence-corrected chi connectivity index (χ0v) is 12.9. The van der Waals surface area contributed by atoms with Gasteiger partial charge in [0.25, 0.3) is 0 Å². The first kappa shape index (κ1) is 15.4. The van der Waals surface area contributed by atoms with Crippen LogP contribution in [0.1, 0.15) is 15.2 Å². The molecule has 0 spiro atoms. The summed E-state index contributed by atoms with van der Waals surface area (Å²) in [7, 11) is 0. The lowest BCUT2D eigenvalue weighted by atomic mass is 10.2. The number of rotatable bonds is 4. The average Bonchev–Trinajstić information content (AvgIpc) is 2.82. The van der Waals surface area contributed by atoms with Crippen LogP contribution in [0.2, 0.25) is 0 Å². The van der Waals surface area contributed by atoms with Gasteiger partial charge in [-0.05, 0) is 52.3 Å². The Hall–Kier alpha value is -1.99. The highest BCUT2D eigenvalue weighted by Gasteiger charge is 2.10. The summed E-state index contributed by atoms with van der Waals surface area (Å²) >= 11 is 4.78. The van der Waals surface area contributed by atoms with Gasteiger partial charge in [0.05, 0.1) is 9.35 Å². The van der Waals surface area contributed by atoms with Crippen molar-refractivity contribution < 1.29 is 19.1 Å². The van der Waals surface area contributed by atoms with Gasteiger partial charge in [-0.2, -0.15) is 0 Å². The lowest BCUT2D eigenvalue weighted by Gasteiger charge is -2.03. The molecule has 0 aliphatic carbocycles. The van der Waals surface area contributed by atoms with E-state index in [2.05, 4.69) is 21.2 Å². The largest absolute Gasteiger partial charge is 0.478 e. The lowest BCUT2D eigenvalue weighted by Crippen LogP contribution is -2.09. The minimum absolute atomic E-state index is 0.194. The predicted molar refractivity (Wildman–Crippen MR) is 83.0 cm³/mol. The number of aromatic carboxylic acids is 1. The van der Waals surface area contributed by atoms with Gasteiger partial charge in [0, 0.05) is 16.6 Å². The van der Waals surface area contributed by atoms with E-state index < -0.39 is 23.3 Å². The van der Waals surface area contributed by atoms with Crippen LogP contribution in [0.4, 0.5) is 10.1 Å². The number of halogens is 2. The number of anilines is 1. The summed E-state index contributed by atoms with van der Waals surface area (Å²) in [6.45, 7) is 0. The Labute approximate surface area is 132 Å². The molecular formula is C14H9BrFNO3S. The summed E-state index contributed by atoms with van der Waals surface area (Å²) in [6.07, 6.45) is 2.95. The van der Waals surface area contributed by atoms with Gasteiger partial charge in [-0.3, -0.25) is 4.79 Å². The molecule has 108 valence electrons. The Morgan fingerprint density at radius 1 is 1.29 bits per heavy atom. The number of nitrogens with one attached hydrogen (secondary N) is 1. The fourth-order valence-corrected chi connectivity index (χ4v) is 2.85. The summed E-state index contributed by atoms with van der Waals surface area (Å²) in [5.74, 6) is -2.68. The molecular weight excluding hydrogens is 361 g/mol. The summed E-state index contributed by atoms with van der Waals surface area (Å²) in [6, 6.07) is 7.12. The van der Waals surface area contributed by atoms with Gasteiger partial charge in [0.15, 0.2) is 0 Å². The number of carbonyl (C=O) groups excluding carboxylic acids is 1. The molecule has 1 heterocycles. The molecule has 7 heteroatoms. The van der Waals surface area contributed by atoms with Gasteiger partial charge < -0.3 is 10.4 Å². The third-order valence-electron chi connectivity index (χ3n) is 2.46. The molecule has 0 unspecified atom stereocenters.